The standard InChI is InChI=1S/C16H19N5O4.CH2O2/c1-20-16(17-18-19-20)14-9-21(6-7-23-14)15(22)5-3-11-2-4-12-13(8-11)25-10-24-12;2-1-3/h2,4,8,14H,3,5-7,9-10H2,1H3;1H,(H,2,3). The molecule has 1 aromatic heterocycles. The minimum atomic E-state index is -0.289. The lowest BCUT2D eigenvalue weighted by Gasteiger charge is -2.32. The van der Waals surface area contributed by atoms with Crippen molar-refractivity contribution in [1.82, 2.24) is 25.1 Å². The summed E-state index contributed by atoms with van der Waals surface area (Å²) in [6.07, 6.45) is 0.801. The van der Waals surface area contributed by atoms with Gasteiger partial charge in [0.1, 0.15) is 6.10 Å². The van der Waals surface area contributed by atoms with E-state index >= 15 is 0 Å². The number of aryl methyl sites for hydroxylation is 2. The summed E-state index contributed by atoms with van der Waals surface area (Å²) in [4.78, 5) is 22.7. The number of carboxylic acid groups (broad SMARTS) is 1. The second-order valence-electron chi connectivity index (χ2n) is 6.15. The van der Waals surface area contributed by atoms with Crippen LogP contribution in [0.15, 0.2) is 18.2 Å². The number of amides is 1. The van der Waals surface area contributed by atoms with Crippen LogP contribution in [0.2, 0.25) is 0 Å². The van der Waals surface area contributed by atoms with Crippen LogP contribution >= 0.6 is 0 Å². The maximum atomic E-state index is 12.6. The Morgan fingerprint density at radius 1 is 1.36 bits per heavy atom. The Kier molecular flexibility index (Phi) is 6.37. The predicted molar refractivity (Wildman–Crippen MR) is 93.6 cm³/mol. The first-order valence-corrected chi connectivity index (χ1v) is 8.70. The molecule has 11 heteroatoms. The van der Waals surface area contributed by atoms with Crippen molar-refractivity contribution in [2.24, 2.45) is 7.05 Å². The van der Waals surface area contributed by atoms with Gasteiger partial charge in [0, 0.05) is 20.0 Å². The number of carbonyl (C=O) groups excluding carboxylic acids is 1. The normalized spacial score (nSPS) is 17.6. The molecule has 0 spiro atoms. The molecule has 2 aliphatic heterocycles. The molecule has 1 aromatic carbocycles. The molecule has 150 valence electrons. The van der Waals surface area contributed by atoms with Gasteiger partial charge in [-0.05, 0) is 34.5 Å². The lowest BCUT2D eigenvalue weighted by Crippen LogP contribution is -2.43. The van der Waals surface area contributed by atoms with Crippen molar-refractivity contribution in [3.05, 3.63) is 29.6 Å². The summed E-state index contributed by atoms with van der Waals surface area (Å²) >= 11 is 0. The molecule has 11 nitrogen and oxygen atoms in total. The molecule has 2 aliphatic rings. The smallest absolute Gasteiger partial charge is 0.290 e. The number of ether oxygens (including phenoxy) is 3. The summed E-state index contributed by atoms with van der Waals surface area (Å²) in [6, 6.07) is 5.78. The minimum absolute atomic E-state index is 0.0982. The van der Waals surface area contributed by atoms with E-state index in [0.717, 1.165) is 17.1 Å². The van der Waals surface area contributed by atoms with Gasteiger partial charge in [-0.25, -0.2) is 4.68 Å². The molecule has 1 unspecified atom stereocenters. The Morgan fingerprint density at radius 2 is 2.14 bits per heavy atom. The zero-order chi connectivity index (χ0) is 19.9. The third kappa shape index (κ3) is 4.55. The number of nitrogens with zero attached hydrogens (tertiary/aromatic N) is 5. The van der Waals surface area contributed by atoms with Gasteiger partial charge in [-0.2, -0.15) is 0 Å². The van der Waals surface area contributed by atoms with E-state index in [2.05, 4.69) is 15.5 Å². The number of morpholine rings is 1. The Bertz CT molecular complexity index is 826. The third-order valence-electron chi connectivity index (χ3n) is 4.42. The molecule has 1 amide bonds. The maximum Gasteiger partial charge on any atom is 0.290 e. The highest BCUT2D eigenvalue weighted by atomic mass is 16.7. The summed E-state index contributed by atoms with van der Waals surface area (Å²) < 4.78 is 18.0. The average molecular weight is 391 g/mol. The number of carbonyl (C=O) groups is 2. The fourth-order valence-electron chi connectivity index (χ4n) is 3.05. The van der Waals surface area contributed by atoms with Crippen LogP contribution < -0.4 is 9.47 Å². The first-order valence-electron chi connectivity index (χ1n) is 8.70. The van der Waals surface area contributed by atoms with E-state index in [9.17, 15) is 4.79 Å². The van der Waals surface area contributed by atoms with E-state index in [-0.39, 0.29) is 25.3 Å². The molecule has 2 aromatic rings. The maximum absolute atomic E-state index is 12.6. The predicted octanol–water partition coefficient (Wildman–Crippen LogP) is 0.172. The molecule has 0 radical (unpaired) electrons. The highest BCUT2D eigenvalue weighted by Gasteiger charge is 2.28. The van der Waals surface area contributed by atoms with Crippen LogP contribution in [-0.4, -0.2) is 69.1 Å². The Hall–Kier alpha value is -3.21. The highest BCUT2D eigenvalue weighted by molar-refractivity contribution is 5.76. The second-order valence-corrected chi connectivity index (χ2v) is 6.15. The molecule has 1 fully saturated rings. The molecule has 4 rings (SSSR count). The molecular weight excluding hydrogens is 370 g/mol. The van der Waals surface area contributed by atoms with Crippen molar-refractivity contribution < 1.29 is 28.9 Å². The monoisotopic (exact) mass is 391 g/mol. The van der Waals surface area contributed by atoms with E-state index in [1.165, 1.54) is 0 Å². The molecule has 1 saturated heterocycles. The summed E-state index contributed by atoms with van der Waals surface area (Å²) in [6.45, 7) is 1.53. The van der Waals surface area contributed by atoms with E-state index in [1.54, 1.807) is 11.7 Å². The number of hydrogen-bond acceptors (Lipinski definition) is 8. The van der Waals surface area contributed by atoms with Crippen LogP contribution in [0.3, 0.4) is 0 Å². The molecule has 1 N–H and O–H groups in total. The largest absolute Gasteiger partial charge is 0.483 e. The summed E-state index contributed by atoms with van der Waals surface area (Å²) in [5.74, 6) is 2.23. The zero-order valence-electron chi connectivity index (χ0n) is 15.4. The molecule has 0 saturated carbocycles. The lowest BCUT2D eigenvalue weighted by atomic mass is 10.1. The van der Waals surface area contributed by atoms with Crippen LogP contribution in [0.5, 0.6) is 11.5 Å². The molecular formula is C17H21N5O6. The van der Waals surface area contributed by atoms with Crippen molar-refractivity contribution in [2.75, 3.05) is 26.5 Å². The Balaban J connectivity index is 0.000000706. The van der Waals surface area contributed by atoms with E-state index in [1.807, 2.05) is 23.1 Å². The second kappa shape index (κ2) is 9.13. The highest BCUT2D eigenvalue weighted by Crippen LogP contribution is 2.32. The summed E-state index contributed by atoms with van der Waals surface area (Å²) in [5.41, 5.74) is 1.06. The van der Waals surface area contributed by atoms with Gasteiger partial charge in [0.25, 0.3) is 6.47 Å². The van der Waals surface area contributed by atoms with Gasteiger partial charge in [0.2, 0.25) is 12.7 Å². The van der Waals surface area contributed by atoms with Gasteiger partial charge >= 0.3 is 0 Å². The number of hydrogen-bond donors (Lipinski definition) is 1. The van der Waals surface area contributed by atoms with Gasteiger partial charge in [-0.3, -0.25) is 9.59 Å². The number of rotatable bonds is 4. The quantitative estimate of drug-likeness (QED) is 0.725. The summed E-state index contributed by atoms with van der Waals surface area (Å²) in [5, 5.41) is 18.3. The van der Waals surface area contributed by atoms with Gasteiger partial charge < -0.3 is 24.2 Å². The van der Waals surface area contributed by atoms with Crippen LogP contribution in [0.4, 0.5) is 0 Å². The fourth-order valence-corrected chi connectivity index (χ4v) is 3.05. The molecule has 0 bridgehead atoms. The third-order valence-corrected chi connectivity index (χ3v) is 4.42. The first kappa shape index (κ1) is 19.5. The van der Waals surface area contributed by atoms with E-state index in [0.29, 0.717) is 38.4 Å². The number of tetrazole rings is 1. The topological polar surface area (TPSA) is 129 Å². The molecule has 3 heterocycles. The van der Waals surface area contributed by atoms with Crippen molar-refractivity contribution in [3.8, 4) is 11.5 Å². The summed E-state index contributed by atoms with van der Waals surface area (Å²) in [7, 11) is 1.76. The van der Waals surface area contributed by atoms with Crippen molar-refractivity contribution in [1.29, 1.82) is 0 Å². The van der Waals surface area contributed by atoms with Crippen molar-refractivity contribution in [2.45, 2.75) is 18.9 Å². The van der Waals surface area contributed by atoms with Crippen LogP contribution in [0, 0.1) is 0 Å². The van der Waals surface area contributed by atoms with Crippen LogP contribution in [0.1, 0.15) is 23.9 Å². The Morgan fingerprint density at radius 3 is 2.89 bits per heavy atom. The van der Waals surface area contributed by atoms with Gasteiger partial charge in [-0.15, -0.1) is 5.10 Å². The SMILES string of the molecule is Cn1nnnc1C1CN(C(=O)CCc2ccc3c(c2)OCO3)CCO1.O=CO. The lowest BCUT2D eigenvalue weighted by molar-refractivity contribution is -0.139. The Labute approximate surface area is 160 Å². The molecule has 1 atom stereocenters. The van der Waals surface area contributed by atoms with Crippen molar-refractivity contribution >= 4 is 12.4 Å². The van der Waals surface area contributed by atoms with Gasteiger partial charge in [0.15, 0.2) is 17.3 Å². The molecule has 0 aliphatic carbocycles. The van der Waals surface area contributed by atoms with Crippen LogP contribution in [-0.2, 0) is 27.8 Å². The van der Waals surface area contributed by atoms with E-state index in [4.69, 9.17) is 24.1 Å². The zero-order valence-corrected chi connectivity index (χ0v) is 15.4. The fraction of sp³-hybridized carbons (Fsp3) is 0.471. The minimum Gasteiger partial charge on any atom is -0.483 e. The van der Waals surface area contributed by atoms with Crippen molar-refractivity contribution in [3.63, 3.8) is 0 Å². The molecule has 28 heavy (non-hydrogen) atoms. The van der Waals surface area contributed by atoms with Crippen LogP contribution in [0.25, 0.3) is 0 Å². The van der Waals surface area contributed by atoms with Gasteiger partial charge in [0.05, 0.1) is 13.2 Å². The first-order chi connectivity index (χ1) is 13.6. The van der Waals surface area contributed by atoms with E-state index < -0.39 is 0 Å². The number of fused-ring (bicyclic) bond motifs is 1. The number of aromatic nitrogens is 4. The number of benzene rings is 1. The average Bonchev–Trinajstić information content (AvgIpc) is 3.35. The van der Waals surface area contributed by atoms with Gasteiger partial charge in [-0.1, -0.05) is 6.07 Å².